The van der Waals surface area contributed by atoms with Crippen LogP contribution in [0.3, 0.4) is 0 Å². The summed E-state index contributed by atoms with van der Waals surface area (Å²) in [5, 5.41) is 0. The van der Waals surface area contributed by atoms with Gasteiger partial charge in [0, 0.05) is 74.3 Å². The minimum Gasteiger partial charge on any atom is 0 e. The van der Waals surface area contributed by atoms with E-state index in [4.69, 9.17) is 0 Å². The third-order valence-electron chi connectivity index (χ3n) is 0. The predicted octanol–water partition coefficient (Wildman–Crippen LogP) is -0.767. The van der Waals surface area contributed by atoms with Gasteiger partial charge in [0.2, 0.25) is 0 Å². The van der Waals surface area contributed by atoms with Gasteiger partial charge in [0.1, 0.15) is 0 Å². The third kappa shape index (κ3) is 8.86. The van der Waals surface area contributed by atoms with Crippen molar-refractivity contribution in [2.75, 3.05) is 0 Å². The molecule has 0 aliphatic rings. The van der Waals surface area contributed by atoms with Crippen molar-refractivity contribution in [3.05, 3.63) is 0 Å². The second kappa shape index (κ2) is 18.6. The molecular weight excluding hydrogens is 151 g/mol. The Morgan fingerprint density at radius 2 is 1.00 bits per heavy atom. The molecule has 0 fully saturated rings. The normalized spacial score (nSPS) is 0. The Hall–Kier alpha value is 2.28. The van der Waals surface area contributed by atoms with Crippen LogP contribution in [0.5, 0.6) is 0 Å². The first-order chi connectivity index (χ1) is 0. The minimum absolute atomic E-state index is 0. The number of hydrogen-bond donors (Lipinski definition) is 0. The van der Waals surface area contributed by atoms with Gasteiger partial charge in [-0.05, 0) is 0 Å². The second-order valence-corrected chi connectivity index (χ2v) is 0. The molecule has 0 N–H and O–H groups in total. The van der Waals surface area contributed by atoms with Crippen molar-refractivity contribution in [3.8, 4) is 0 Å². The van der Waals surface area contributed by atoms with Gasteiger partial charge < -0.3 is 0 Å². The van der Waals surface area contributed by atoms with Crippen molar-refractivity contribution in [2.45, 2.75) is 0 Å². The summed E-state index contributed by atoms with van der Waals surface area (Å²) in [6, 6.07) is 0. The van der Waals surface area contributed by atoms with Crippen molar-refractivity contribution < 1.29 is 40.3 Å². The van der Waals surface area contributed by atoms with Crippen LogP contribution in [-0.4, -0.2) is 34.0 Å². The van der Waals surface area contributed by atoms with Crippen LogP contribution in [0.2, 0.25) is 0 Å². The molecular formula is MgSiTiV. The van der Waals surface area contributed by atoms with Crippen LogP contribution in [0.25, 0.3) is 0 Å². The Labute approximate surface area is 73.4 Å². The molecule has 4 heavy (non-hydrogen) atoms. The summed E-state index contributed by atoms with van der Waals surface area (Å²) in [5.41, 5.74) is 0. The van der Waals surface area contributed by atoms with Gasteiger partial charge in [0.15, 0.2) is 0 Å². The smallest absolute Gasteiger partial charge is 0 e. The van der Waals surface area contributed by atoms with Gasteiger partial charge in [0.05, 0.1) is 0 Å². The van der Waals surface area contributed by atoms with E-state index in [1.165, 1.54) is 0 Å². The van der Waals surface area contributed by atoms with Crippen molar-refractivity contribution in [1.29, 1.82) is 0 Å². The Bertz CT molecular complexity index is 8.00. The maximum Gasteiger partial charge on any atom is 0 e. The molecule has 15 valence electrons. The molecule has 0 aromatic carbocycles. The Balaban J connectivity index is 0. The quantitative estimate of drug-likeness (QED) is 0.399. The van der Waals surface area contributed by atoms with E-state index >= 15 is 0 Å². The molecule has 0 rings (SSSR count). The Morgan fingerprint density at radius 3 is 1.00 bits per heavy atom. The topological polar surface area (TPSA) is 0 Å². The average molecular weight is 151 g/mol. The zero-order chi connectivity index (χ0) is 0. The molecule has 0 saturated heterocycles. The van der Waals surface area contributed by atoms with E-state index in [0.717, 1.165) is 0 Å². The summed E-state index contributed by atoms with van der Waals surface area (Å²) in [6.45, 7) is 0. The van der Waals surface area contributed by atoms with E-state index in [0.29, 0.717) is 0 Å². The van der Waals surface area contributed by atoms with E-state index in [1.807, 2.05) is 0 Å². The standard InChI is InChI=1S/Mg.Si.Ti.V. The monoisotopic (exact) mass is 151 g/mol. The van der Waals surface area contributed by atoms with Gasteiger partial charge in [-0.1, -0.05) is 0 Å². The van der Waals surface area contributed by atoms with Crippen LogP contribution in [-0.2, 0) is 40.3 Å². The zero-order valence-corrected chi connectivity index (χ0v) is 7.53. The summed E-state index contributed by atoms with van der Waals surface area (Å²) < 4.78 is 0. The van der Waals surface area contributed by atoms with Crippen LogP contribution in [0.15, 0.2) is 0 Å². The number of hydrogen-bond acceptors (Lipinski definition) is 0. The summed E-state index contributed by atoms with van der Waals surface area (Å²) >= 11 is 0. The van der Waals surface area contributed by atoms with Gasteiger partial charge >= 0.3 is 0 Å². The molecule has 0 unspecified atom stereocenters. The molecule has 0 amide bonds. The van der Waals surface area contributed by atoms with Crippen LogP contribution < -0.4 is 0 Å². The minimum atomic E-state index is 0. The van der Waals surface area contributed by atoms with Crippen LogP contribution in [0.4, 0.5) is 0 Å². The van der Waals surface area contributed by atoms with Crippen LogP contribution in [0, 0.1) is 0 Å². The molecule has 0 saturated carbocycles. The van der Waals surface area contributed by atoms with Crippen LogP contribution >= 0.6 is 0 Å². The molecule has 4 heteroatoms. The van der Waals surface area contributed by atoms with E-state index in [1.54, 1.807) is 0 Å². The number of rotatable bonds is 0. The van der Waals surface area contributed by atoms with Gasteiger partial charge in [0.25, 0.3) is 0 Å². The van der Waals surface area contributed by atoms with E-state index in [-0.39, 0.29) is 74.3 Å². The molecule has 0 aromatic heterocycles. The summed E-state index contributed by atoms with van der Waals surface area (Å²) in [4.78, 5) is 0. The molecule has 7 radical (unpaired) electrons. The van der Waals surface area contributed by atoms with Crippen molar-refractivity contribution in [1.82, 2.24) is 0 Å². The summed E-state index contributed by atoms with van der Waals surface area (Å²) in [5.74, 6) is 0. The van der Waals surface area contributed by atoms with Gasteiger partial charge in [-0.3, -0.25) is 0 Å². The van der Waals surface area contributed by atoms with Gasteiger partial charge in [-0.2, -0.15) is 0 Å². The van der Waals surface area contributed by atoms with Crippen molar-refractivity contribution >= 4 is 34.0 Å². The molecule has 0 heterocycles. The molecule has 0 aliphatic heterocycles. The zero-order valence-electron chi connectivity index (χ0n) is 2.15. The molecule has 0 atom stereocenters. The summed E-state index contributed by atoms with van der Waals surface area (Å²) in [7, 11) is 0. The van der Waals surface area contributed by atoms with Gasteiger partial charge in [-0.15, -0.1) is 0 Å². The predicted molar refractivity (Wildman–Crippen MR) is 11.5 cm³/mol. The first-order valence-electron chi connectivity index (χ1n) is 0. The summed E-state index contributed by atoms with van der Waals surface area (Å²) in [6.07, 6.45) is 0. The second-order valence-electron chi connectivity index (χ2n) is 0. The van der Waals surface area contributed by atoms with E-state index in [9.17, 15) is 0 Å². The first kappa shape index (κ1) is 33.7. The largest absolute Gasteiger partial charge is 0 e. The fourth-order valence-electron chi connectivity index (χ4n) is 0. The Morgan fingerprint density at radius 1 is 1.00 bits per heavy atom. The van der Waals surface area contributed by atoms with Crippen molar-refractivity contribution in [3.63, 3.8) is 0 Å². The molecule has 0 nitrogen and oxygen atoms in total. The molecule has 0 aliphatic carbocycles. The van der Waals surface area contributed by atoms with E-state index < -0.39 is 0 Å². The Kier molecular flexibility index (Phi) is 156. The molecule has 0 bridgehead atoms. The van der Waals surface area contributed by atoms with Crippen LogP contribution in [0.1, 0.15) is 0 Å². The maximum atomic E-state index is 0. The molecule has 0 aromatic rings. The fourth-order valence-corrected chi connectivity index (χ4v) is 0. The van der Waals surface area contributed by atoms with Crippen molar-refractivity contribution in [2.24, 2.45) is 0 Å². The van der Waals surface area contributed by atoms with E-state index in [2.05, 4.69) is 0 Å². The first-order valence-corrected chi connectivity index (χ1v) is 0. The fraction of sp³-hybridized carbons (Fsp3) is 0. The SMILES string of the molecule is [Mg].[Si].[Ti].[V]. The van der Waals surface area contributed by atoms with Gasteiger partial charge in [-0.25, -0.2) is 0 Å². The molecule has 0 spiro atoms. The third-order valence-corrected chi connectivity index (χ3v) is 0. The average Bonchev–Trinajstić information content (AvgIpc) is 0. The maximum absolute atomic E-state index is 0.